The summed E-state index contributed by atoms with van der Waals surface area (Å²) in [5.41, 5.74) is 2.18. The van der Waals surface area contributed by atoms with Crippen molar-refractivity contribution in [2.75, 3.05) is 13.2 Å². The van der Waals surface area contributed by atoms with Gasteiger partial charge in [-0.25, -0.2) is 4.98 Å². The summed E-state index contributed by atoms with van der Waals surface area (Å²) in [4.78, 5) is 17.4. The van der Waals surface area contributed by atoms with E-state index in [2.05, 4.69) is 64.5 Å². The van der Waals surface area contributed by atoms with E-state index in [0.29, 0.717) is 13.2 Å². The van der Waals surface area contributed by atoms with Crippen molar-refractivity contribution in [3.05, 3.63) is 72.6 Å². The van der Waals surface area contributed by atoms with E-state index in [4.69, 9.17) is 9.72 Å². The molecule has 0 spiro atoms. The second-order valence-corrected chi connectivity index (χ2v) is 9.58. The zero-order chi connectivity index (χ0) is 23.9. The molecule has 0 bridgehead atoms. The number of unbranched alkanes of at least 4 members (excludes halogenated alkanes) is 1. The number of rotatable bonds is 10. The third-order valence-corrected chi connectivity index (χ3v) is 7.14. The Kier molecular flexibility index (Phi) is 7.62. The van der Waals surface area contributed by atoms with Gasteiger partial charge in [-0.15, -0.1) is 0 Å². The van der Waals surface area contributed by atoms with Gasteiger partial charge in [0, 0.05) is 30.8 Å². The number of benzene rings is 3. The average molecular weight is 470 g/mol. The van der Waals surface area contributed by atoms with Crippen LogP contribution in [0.2, 0.25) is 0 Å². The Bertz CT molecular complexity index is 1270. The molecule has 5 nitrogen and oxygen atoms in total. The number of carbonyl (C=O) groups excluding carboxylic acids is 1. The van der Waals surface area contributed by atoms with E-state index in [9.17, 15) is 4.79 Å². The van der Waals surface area contributed by atoms with Gasteiger partial charge in [0.25, 0.3) is 0 Å². The largest absolute Gasteiger partial charge is 0.493 e. The lowest BCUT2D eigenvalue weighted by Crippen LogP contribution is -2.33. The van der Waals surface area contributed by atoms with Gasteiger partial charge in [-0.3, -0.25) is 4.79 Å². The highest BCUT2D eigenvalue weighted by Crippen LogP contribution is 2.26. The first kappa shape index (κ1) is 23.4. The minimum Gasteiger partial charge on any atom is -0.493 e. The van der Waals surface area contributed by atoms with Crippen LogP contribution >= 0.6 is 0 Å². The molecular formula is C30H35N3O2. The van der Waals surface area contributed by atoms with Crippen molar-refractivity contribution in [3.8, 4) is 5.75 Å². The van der Waals surface area contributed by atoms with Gasteiger partial charge in [0.05, 0.1) is 17.6 Å². The Morgan fingerprint density at radius 3 is 2.66 bits per heavy atom. The quantitative estimate of drug-likeness (QED) is 0.278. The number of hydrogen-bond acceptors (Lipinski definition) is 3. The molecular weight excluding hydrogens is 434 g/mol. The average Bonchev–Trinajstić information content (AvgIpc) is 3.26. The van der Waals surface area contributed by atoms with Gasteiger partial charge in [-0.05, 0) is 49.3 Å². The van der Waals surface area contributed by atoms with E-state index in [-0.39, 0.29) is 11.8 Å². The van der Waals surface area contributed by atoms with Gasteiger partial charge in [0.2, 0.25) is 5.91 Å². The molecule has 0 saturated heterocycles. The van der Waals surface area contributed by atoms with E-state index in [1.807, 2.05) is 12.1 Å². The highest BCUT2D eigenvalue weighted by Gasteiger charge is 2.20. The van der Waals surface area contributed by atoms with Crippen LogP contribution in [-0.2, 0) is 17.8 Å². The molecule has 1 aliphatic carbocycles. The maximum Gasteiger partial charge on any atom is 0.223 e. The van der Waals surface area contributed by atoms with E-state index in [0.717, 1.165) is 66.6 Å². The van der Waals surface area contributed by atoms with E-state index in [1.54, 1.807) is 0 Å². The standard InChI is InChI=1S/C30H35N3O2/c34-30(24-12-2-1-3-13-24)31-20-19-29-32-26-16-6-7-17-27(26)33(29)21-8-9-22-35-28-18-10-14-23-11-4-5-15-25(23)28/h4-7,10-11,14-18,24H,1-3,8-9,12-13,19-22H2,(H,31,34). The highest BCUT2D eigenvalue weighted by atomic mass is 16.5. The van der Waals surface area contributed by atoms with Gasteiger partial charge in [-0.1, -0.05) is 67.8 Å². The summed E-state index contributed by atoms with van der Waals surface area (Å²) < 4.78 is 8.45. The number of carbonyl (C=O) groups is 1. The predicted molar refractivity (Wildman–Crippen MR) is 142 cm³/mol. The highest BCUT2D eigenvalue weighted by molar-refractivity contribution is 5.88. The minimum absolute atomic E-state index is 0.198. The van der Waals surface area contributed by atoms with Crippen molar-refractivity contribution in [2.45, 2.75) is 57.9 Å². The van der Waals surface area contributed by atoms with Crippen LogP contribution in [0, 0.1) is 5.92 Å². The molecule has 35 heavy (non-hydrogen) atoms. The van der Waals surface area contributed by atoms with Crippen molar-refractivity contribution in [1.82, 2.24) is 14.9 Å². The summed E-state index contributed by atoms with van der Waals surface area (Å²) in [5, 5.41) is 5.53. The first-order chi connectivity index (χ1) is 17.3. The van der Waals surface area contributed by atoms with Crippen LogP contribution in [-0.4, -0.2) is 28.6 Å². The third kappa shape index (κ3) is 5.67. The Balaban J connectivity index is 1.16. The van der Waals surface area contributed by atoms with Crippen LogP contribution in [0.15, 0.2) is 66.7 Å². The predicted octanol–water partition coefficient (Wildman–Crippen LogP) is 6.29. The number of para-hydroxylation sites is 2. The molecule has 1 aromatic heterocycles. The summed E-state index contributed by atoms with van der Waals surface area (Å²) in [5.74, 6) is 2.41. The SMILES string of the molecule is O=C(NCCc1nc2ccccc2n1CCCCOc1cccc2ccccc12)C1CCCCC1. The summed E-state index contributed by atoms with van der Waals surface area (Å²) in [6.45, 7) is 2.22. The molecule has 4 aromatic rings. The lowest BCUT2D eigenvalue weighted by atomic mass is 9.89. The maximum atomic E-state index is 12.5. The molecule has 5 heteroatoms. The smallest absolute Gasteiger partial charge is 0.223 e. The van der Waals surface area contributed by atoms with Crippen molar-refractivity contribution in [2.24, 2.45) is 5.92 Å². The number of amides is 1. The van der Waals surface area contributed by atoms with Gasteiger partial charge >= 0.3 is 0 Å². The van der Waals surface area contributed by atoms with Crippen molar-refractivity contribution in [3.63, 3.8) is 0 Å². The summed E-state index contributed by atoms with van der Waals surface area (Å²) in [6.07, 6.45) is 8.41. The molecule has 1 N–H and O–H groups in total. The molecule has 3 aromatic carbocycles. The van der Waals surface area contributed by atoms with Gasteiger partial charge in [0.1, 0.15) is 11.6 Å². The topological polar surface area (TPSA) is 56.2 Å². The number of fused-ring (bicyclic) bond motifs is 2. The first-order valence-electron chi connectivity index (χ1n) is 13.1. The number of aromatic nitrogens is 2. The van der Waals surface area contributed by atoms with Gasteiger partial charge in [-0.2, -0.15) is 0 Å². The number of aryl methyl sites for hydroxylation is 1. The fraction of sp³-hybridized carbons (Fsp3) is 0.400. The van der Waals surface area contributed by atoms with Crippen molar-refractivity contribution >= 4 is 27.7 Å². The molecule has 0 atom stereocenters. The van der Waals surface area contributed by atoms with Crippen LogP contribution in [0.4, 0.5) is 0 Å². The molecule has 0 aliphatic heterocycles. The molecule has 1 aliphatic rings. The number of imidazole rings is 1. The minimum atomic E-state index is 0.198. The lowest BCUT2D eigenvalue weighted by molar-refractivity contribution is -0.125. The second-order valence-electron chi connectivity index (χ2n) is 9.58. The Hall–Kier alpha value is -3.34. The summed E-state index contributed by atoms with van der Waals surface area (Å²) >= 11 is 0. The molecule has 0 unspecified atom stereocenters. The normalized spacial score (nSPS) is 14.4. The molecule has 182 valence electrons. The van der Waals surface area contributed by atoms with Crippen molar-refractivity contribution in [1.29, 1.82) is 0 Å². The van der Waals surface area contributed by atoms with Crippen LogP contribution in [0.3, 0.4) is 0 Å². The monoisotopic (exact) mass is 469 g/mol. The fourth-order valence-corrected chi connectivity index (χ4v) is 5.25. The van der Waals surface area contributed by atoms with Crippen LogP contribution in [0.5, 0.6) is 5.75 Å². The molecule has 1 fully saturated rings. The molecule has 0 radical (unpaired) electrons. The maximum absolute atomic E-state index is 12.5. The first-order valence-corrected chi connectivity index (χ1v) is 13.1. The van der Waals surface area contributed by atoms with Gasteiger partial charge < -0.3 is 14.6 Å². The zero-order valence-electron chi connectivity index (χ0n) is 20.4. The summed E-state index contributed by atoms with van der Waals surface area (Å²) in [6, 6.07) is 22.9. The van der Waals surface area contributed by atoms with E-state index in [1.165, 1.54) is 24.6 Å². The summed E-state index contributed by atoms with van der Waals surface area (Å²) in [7, 11) is 0. The van der Waals surface area contributed by atoms with Crippen LogP contribution in [0.25, 0.3) is 21.8 Å². The van der Waals surface area contributed by atoms with E-state index >= 15 is 0 Å². The lowest BCUT2D eigenvalue weighted by Gasteiger charge is -2.20. The Labute approximate surface area is 207 Å². The van der Waals surface area contributed by atoms with Crippen LogP contribution < -0.4 is 10.1 Å². The fourth-order valence-electron chi connectivity index (χ4n) is 5.25. The van der Waals surface area contributed by atoms with E-state index < -0.39 is 0 Å². The van der Waals surface area contributed by atoms with Crippen LogP contribution in [0.1, 0.15) is 50.8 Å². The number of hydrogen-bond donors (Lipinski definition) is 1. The van der Waals surface area contributed by atoms with Gasteiger partial charge in [0.15, 0.2) is 0 Å². The number of nitrogens with zero attached hydrogens (tertiary/aromatic N) is 2. The molecule has 1 amide bonds. The number of nitrogens with one attached hydrogen (secondary N) is 1. The molecule has 1 saturated carbocycles. The Morgan fingerprint density at radius 2 is 1.74 bits per heavy atom. The van der Waals surface area contributed by atoms with Crippen molar-refractivity contribution < 1.29 is 9.53 Å². The zero-order valence-corrected chi connectivity index (χ0v) is 20.4. The third-order valence-electron chi connectivity index (χ3n) is 7.14. The Morgan fingerprint density at radius 1 is 0.943 bits per heavy atom. The molecule has 1 heterocycles. The second kappa shape index (κ2) is 11.4. The molecule has 5 rings (SSSR count). The number of ether oxygens (including phenoxy) is 1.